The van der Waals surface area contributed by atoms with Gasteiger partial charge in [-0.05, 0) is 17.8 Å². The summed E-state index contributed by atoms with van der Waals surface area (Å²) < 4.78 is 5.25. The summed E-state index contributed by atoms with van der Waals surface area (Å²) in [6, 6.07) is 0.588. The minimum atomic E-state index is 0.173. The van der Waals surface area contributed by atoms with Crippen LogP contribution in [0.2, 0.25) is 0 Å². The predicted octanol–water partition coefficient (Wildman–Crippen LogP) is 1.70. The fourth-order valence-corrected chi connectivity index (χ4v) is 2.32. The van der Waals surface area contributed by atoms with Crippen molar-refractivity contribution >= 4 is 11.9 Å². The molecule has 18 heavy (non-hydrogen) atoms. The summed E-state index contributed by atoms with van der Waals surface area (Å²) in [5, 5.41) is 3.31. The van der Waals surface area contributed by atoms with Crippen LogP contribution in [0.25, 0.3) is 0 Å². The van der Waals surface area contributed by atoms with E-state index in [1.807, 2.05) is 6.92 Å². The molecule has 0 unspecified atom stereocenters. The van der Waals surface area contributed by atoms with Crippen LogP contribution in [0.4, 0.5) is 11.9 Å². The molecule has 0 radical (unpaired) electrons. The molecule has 0 bridgehead atoms. The minimum absolute atomic E-state index is 0.173. The summed E-state index contributed by atoms with van der Waals surface area (Å²) in [7, 11) is 0. The molecule has 1 saturated carbocycles. The highest BCUT2D eigenvalue weighted by molar-refractivity contribution is 5.39. The first-order chi connectivity index (χ1) is 8.29. The van der Waals surface area contributed by atoms with Crippen LogP contribution in [0.3, 0.4) is 0 Å². The van der Waals surface area contributed by atoms with Gasteiger partial charge in [0, 0.05) is 6.04 Å². The van der Waals surface area contributed by atoms with Gasteiger partial charge in [-0.25, -0.2) is 0 Å². The molecule has 6 heteroatoms. The third-order valence-corrected chi connectivity index (χ3v) is 4.20. The highest BCUT2D eigenvalue weighted by Crippen LogP contribution is 2.63. The smallest absolute Gasteiger partial charge is 0.323 e. The summed E-state index contributed by atoms with van der Waals surface area (Å²) in [6.07, 6.45) is 0. The Kier molecular flexibility index (Phi) is 2.83. The Morgan fingerprint density at radius 2 is 1.78 bits per heavy atom. The molecule has 1 aliphatic rings. The zero-order valence-corrected chi connectivity index (χ0v) is 11.6. The maximum atomic E-state index is 5.64. The largest absolute Gasteiger partial charge is 0.464 e. The van der Waals surface area contributed by atoms with Gasteiger partial charge in [-0.1, -0.05) is 27.7 Å². The highest BCUT2D eigenvalue weighted by Gasteiger charge is 2.65. The van der Waals surface area contributed by atoms with Crippen molar-refractivity contribution in [3.8, 4) is 6.01 Å². The van der Waals surface area contributed by atoms with E-state index in [1.165, 1.54) is 0 Å². The molecule has 0 amide bonds. The van der Waals surface area contributed by atoms with Crippen LogP contribution in [-0.4, -0.2) is 27.6 Å². The highest BCUT2D eigenvalue weighted by atomic mass is 16.5. The van der Waals surface area contributed by atoms with E-state index in [4.69, 9.17) is 10.5 Å². The number of nitrogens with two attached hydrogens (primary N) is 1. The van der Waals surface area contributed by atoms with Crippen molar-refractivity contribution in [1.29, 1.82) is 0 Å². The average molecular weight is 251 g/mol. The average Bonchev–Trinajstić information content (AvgIpc) is 2.60. The molecule has 2 rings (SSSR count). The van der Waals surface area contributed by atoms with Gasteiger partial charge in [-0.2, -0.15) is 15.0 Å². The van der Waals surface area contributed by atoms with Crippen LogP contribution < -0.4 is 15.8 Å². The lowest BCUT2D eigenvalue weighted by molar-refractivity contribution is 0.312. The number of aromatic nitrogens is 3. The molecule has 0 atom stereocenters. The molecule has 3 N–H and O–H groups in total. The van der Waals surface area contributed by atoms with Gasteiger partial charge in [0.2, 0.25) is 11.9 Å². The van der Waals surface area contributed by atoms with Crippen LogP contribution in [-0.2, 0) is 0 Å². The Bertz CT molecular complexity index is 444. The second-order valence-electron chi connectivity index (χ2n) is 5.75. The summed E-state index contributed by atoms with van der Waals surface area (Å²) in [4.78, 5) is 12.2. The van der Waals surface area contributed by atoms with E-state index < -0.39 is 0 Å². The fraction of sp³-hybridized carbons (Fsp3) is 0.750. The van der Waals surface area contributed by atoms with E-state index in [0.29, 0.717) is 18.6 Å². The van der Waals surface area contributed by atoms with Crippen molar-refractivity contribution in [2.45, 2.75) is 40.7 Å². The second-order valence-corrected chi connectivity index (χ2v) is 5.75. The predicted molar refractivity (Wildman–Crippen MR) is 70.4 cm³/mol. The number of nitrogens with zero attached hydrogens (tertiary/aromatic N) is 3. The van der Waals surface area contributed by atoms with Crippen molar-refractivity contribution in [3.63, 3.8) is 0 Å². The molecule has 1 heterocycles. The first kappa shape index (κ1) is 12.9. The van der Waals surface area contributed by atoms with E-state index in [9.17, 15) is 0 Å². The molecule has 0 saturated heterocycles. The first-order valence-electron chi connectivity index (χ1n) is 6.20. The number of nitrogens with one attached hydrogen (secondary N) is 1. The molecular formula is C12H21N5O. The lowest BCUT2D eigenvalue weighted by atomic mass is 10.0. The number of hydrogen-bond acceptors (Lipinski definition) is 6. The zero-order chi connectivity index (χ0) is 13.6. The molecule has 0 spiro atoms. The quantitative estimate of drug-likeness (QED) is 0.847. The van der Waals surface area contributed by atoms with Gasteiger partial charge in [0.15, 0.2) is 0 Å². The van der Waals surface area contributed by atoms with Crippen molar-refractivity contribution in [2.24, 2.45) is 10.8 Å². The number of rotatable bonds is 4. The lowest BCUT2D eigenvalue weighted by Crippen LogP contribution is -2.15. The van der Waals surface area contributed by atoms with Gasteiger partial charge in [-0.15, -0.1) is 0 Å². The molecular weight excluding hydrogens is 230 g/mol. The van der Waals surface area contributed by atoms with Gasteiger partial charge in [0.05, 0.1) is 6.61 Å². The van der Waals surface area contributed by atoms with Crippen LogP contribution in [0.5, 0.6) is 6.01 Å². The maximum Gasteiger partial charge on any atom is 0.323 e. The lowest BCUT2D eigenvalue weighted by Gasteiger charge is -2.08. The molecule has 1 fully saturated rings. The van der Waals surface area contributed by atoms with Crippen molar-refractivity contribution in [2.75, 3.05) is 17.7 Å². The molecule has 100 valence electrons. The van der Waals surface area contributed by atoms with E-state index in [-0.39, 0.29) is 22.8 Å². The van der Waals surface area contributed by atoms with Crippen LogP contribution in [0.15, 0.2) is 0 Å². The summed E-state index contributed by atoms with van der Waals surface area (Å²) in [5.41, 5.74) is 6.06. The number of nitrogen functional groups attached to an aromatic ring is 1. The standard InChI is InChI=1S/C12H21N5O/c1-6-18-10-16-8(13)15-9(17-10)14-7-11(2,3)12(7,4)5/h7H,6H2,1-5H3,(H3,13,14,15,16,17). The second kappa shape index (κ2) is 3.96. The van der Waals surface area contributed by atoms with Crippen LogP contribution in [0.1, 0.15) is 34.6 Å². The Labute approximate surface area is 107 Å². The van der Waals surface area contributed by atoms with Crippen molar-refractivity contribution in [3.05, 3.63) is 0 Å². The first-order valence-corrected chi connectivity index (χ1v) is 6.20. The number of anilines is 2. The summed E-state index contributed by atoms with van der Waals surface area (Å²) >= 11 is 0. The van der Waals surface area contributed by atoms with Gasteiger partial charge in [0.1, 0.15) is 0 Å². The maximum absolute atomic E-state index is 5.64. The molecule has 1 aromatic rings. The SMILES string of the molecule is CCOc1nc(N)nc(NC2C(C)(C)C2(C)C)n1. The van der Waals surface area contributed by atoms with E-state index in [0.717, 1.165) is 0 Å². The number of ether oxygens (including phenoxy) is 1. The Hall–Kier alpha value is -1.59. The van der Waals surface area contributed by atoms with Crippen molar-refractivity contribution < 1.29 is 4.74 Å². The van der Waals surface area contributed by atoms with Crippen molar-refractivity contribution in [1.82, 2.24) is 15.0 Å². The van der Waals surface area contributed by atoms with Gasteiger partial charge >= 0.3 is 6.01 Å². The van der Waals surface area contributed by atoms with Gasteiger partial charge in [0.25, 0.3) is 0 Å². The van der Waals surface area contributed by atoms with E-state index in [2.05, 4.69) is 48.0 Å². The van der Waals surface area contributed by atoms with Crippen LogP contribution >= 0.6 is 0 Å². The summed E-state index contributed by atoms with van der Waals surface area (Å²) in [6.45, 7) is 11.3. The number of hydrogen-bond donors (Lipinski definition) is 2. The Balaban J connectivity index is 2.16. The molecule has 0 aromatic carbocycles. The molecule has 1 aromatic heterocycles. The topological polar surface area (TPSA) is 86.0 Å². The molecule has 1 aliphatic carbocycles. The monoisotopic (exact) mass is 251 g/mol. The summed E-state index contributed by atoms with van der Waals surface area (Å²) in [5.74, 6) is 0.654. The fourth-order valence-electron chi connectivity index (χ4n) is 2.32. The van der Waals surface area contributed by atoms with E-state index in [1.54, 1.807) is 0 Å². The Morgan fingerprint density at radius 1 is 1.17 bits per heavy atom. The molecule has 6 nitrogen and oxygen atoms in total. The third-order valence-electron chi connectivity index (χ3n) is 4.20. The third kappa shape index (κ3) is 1.95. The van der Waals surface area contributed by atoms with E-state index >= 15 is 0 Å². The Morgan fingerprint density at radius 3 is 2.28 bits per heavy atom. The van der Waals surface area contributed by atoms with Gasteiger partial charge in [-0.3, -0.25) is 0 Å². The minimum Gasteiger partial charge on any atom is -0.464 e. The normalized spacial score (nSPS) is 20.5. The molecule has 0 aliphatic heterocycles. The zero-order valence-electron chi connectivity index (χ0n) is 11.6. The van der Waals surface area contributed by atoms with Crippen LogP contribution in [0, 0.1) is 10.8 Å². The van der Waals surface area contributed by atoms with Gasteiger partial charge < -0.3 is 15.8 Å².